The van der Waals surface area contributed by atoms with Crippen LogP contribution in [0, 0.1) is 5.82 Å². The molecule has 0 spiro atoms. The van der Waals surface area contributed by atoms with Crippen molar-refractivity contribution >= 4 is 5.97 Å². The Labute approximate surface area is 160 Å². The molecule has 0 bridgehead atoms. The third-order valence-corrected chi connectivity index (χ3v) is 4.00. The minimum Gasteiger partial charge on any atom is -0.464 e. The number of rotatable bonds is 6. The average molecular weight is 383 g/mol. The predicted molar refractivity (Wildman–Crippen MR) is 99.5 cm³/mol. The molecule has 0 aliphatic rings. The highest BCUT2D eigenvalue weighted by Crippen LogP contribution is 2.27. The number of halogens is 1. The molecule has 0 saturated heterocycles. The number of benzene rings is 2. The molecule has 0 aliphatic heterocycles. The number of pyridine rings is 1. The van der Waals surface area contributed by atoms with Gasteiger partial charge in [-0.15, -0.1) is 0 Å². The topological polar surface area (TPSA) is 88.9 Å². The number of carbonyl (C=O) groups is 1. The van der Waals surface area contributed by atoms with Crippen molar-refractivity contribution in [3.63, 3.8) is 0 Å². The zero-order valence-corrected chi connectivity index (χ0v) is 15.0. The highest BCUT2D eigenvalue weighted by atomic mass is 19.1. The van der Waals surface area contributed by atoms with Crippen LogP contribution in [0.3, 0.4) is 0 Å². The summed E-state index contributed by atoms with van der Waals surface area (Å²) in [6.45, 7) is -0.492. The largest absolute Gasteiger partial charge is 0.464 e. The molecule has 1 atom stereocenters. The number of aliphatic hydroxyl groups is 2. The second-order valence-electron chi connectivity index (χ2n) is 5.94. The van der Waals surface area contributed by atoms with Crippen LogP contribution in [0.5, 0.6) is 11.5 Å². The Bertz CT molecular complexity index is 958. The summed E-state index contributed by atoms with van der Waals surface area (Å²) in [5.74, 6) is 0.0352. The van der Waals surface area contributed by atoms with Gasteiger partial charge in [0.15, 0.2) is 0 Å². The molecule has 28 heavy (non-hydrogen) atoms. The highest BCUT2D eigenvalue weighted by molar-refractivity contribution is 5.88. The molecule has 0 aliphatic carbocycles. The standard InChI is InChI=1S/C21H18FNO5/c1-27-21(26)19-11-14(20(25)12-24)10-18(23-19)13-2-6-16(7-3-13)28-17-8-4-15(22)5-9-17/h2-11,20,24-25H,12H2,1H3/t20-/m0/s1. The number of aliphatic hydroxyl groups excluding tert-OH is 2. The molecule has 2 N–H and O–H groups in total. The Hall–Kier alpha value is -3.29. The highest BCUT2D eigenvalue weighted by Gasteiger charge is 2.16. The van der Waals surface area contributed by atoms with E-state index in [0.29, 0.717) is 28.3 Å². The molecule has 0 radical (unpaired) electrons. The van der Waals surface area contributed by atoms with Crippen LogP contribution in [0.2, 0.25) is 0 Å². The number of hydrogen-bond acceptors (Lipinski definition) is 6. The van der Waals surface area contributed by atoms with E-state index in [1.54, 1.807) is 30.3 Å². The molecule has 0 unspecified atom stereocenters. The maximum Gasteiger partial charge on any atom is 0.356 e. The Morgan fingerprint density at radius 2 is 1.68 bits per heavy atom. The van der Waals surface area contributed by atoms with Gasteiger partial charge in [0, 0.05) is 5.56 Å². The third-order valence-electron chi connectivity index (χ3n) is 4.00. The van der Waals surface area contributed by atoms with Gasteiger partial charge in [-0.25, -0.2) is 14.2 Å². The molecule has 3 aromatic rings. The molecule has 3 rings (SSSR count). The van der Waals surface area contributed by atoms with Crippen molar-refractivity contribution < 1.29 is 28.9 Å². The van der Waals surface area contributed by atoms with Crippen LogP contribution in [0.25, 0.3) is 11.3 Å². The third kappa shape index (κ3) is 4.51. The fourth-order valence-corrected chi connectivity index (χ4v) is 2.54. The zero-order chi connectivity index (χ0) is 20.1. The summed E-state index contributed by atoms with van der Waals surface area (Å²) in [6, 6.07) is 15.5. The van der Waals surface area contributed by atoms with Gasteiger partial charge in [0.2, 0.25) is 0 Å². The van der Waals surface area contributed by atoms with E-state index in [-0.39, 0.29) is 11.5 Å². The number of methoxy groups -OCH3 is 1. The van der Waals surface area contributed by atoms with Crippen molar-refractivity contribution in [2.24, 2.45) is 0 Å². The first-order valence-electron chi connectivity index (χ1n) is 8.43. The Kier molecular flexibility index (Phi) is 5.98. The van der Waals surface area contributed by atoms with E-state index in [1.165, 1.54) is 37.4 Å². The van der Waals surface area contributed by atoms with Crippen LogP contribution in [0.1, 0.15) is 22.2 Å². The van der Waals surface area contributed by atoms with Crippen LogP contribution in [-0.4, -0.2) is 34.9 Å². The fraction of sp³-hybridized carbons (Fsp3) is 0.143. The molecule has 6 nitrogen and oxygen atoms in total. The van der Waals surface area contributed by atoms with Crippen molar-refractivity contribution in [2.45, 2.75) is 6.10 Å². The summed E-state index contributed by atoms with van der Waals surface area (Å²) in [4.78, 5) is 16.1. The molecule has 144 valence electrons. The number of ether oxygens (including phenoxy) is 2. The minimum atomic E-state index is -1.15. The van der Waals surface area contributed by atoms with Gasteiger partial charge < -0.3 is 19.7 Å². The first kappa shape index (κ1) is 19.5. The van der Waals surface area contributed by atoms with Crippen LogP contribution >= 0.6 is 0 Å². The average Bonchev–Trinajstić information content (AvgIpc) is 2.74. The van der Waals surface area contributed by atoms with Gasteiger partial charge in [-0.2, -0.15) is 0 Å². The predicted octanol–water partition coefficient (Wildman–Crippen LogP) is 3.49. The molecular weight excluding hydrogens is 365 g/mol. The summed E-state index contributed by atoms with van der Waals surface area (Å²) in [5.41, 5.74) is 1.47. The lowest BCUT2D eigenvalue weighted by atomic mass is 10.0. The van der Waals surface area contributed by atoms with E-state index in [4.69, 9.17) is 9.47 Å². The van der Waals surface area contributed by atoms with Crippen LogP contribution in [-0.2, 0) is 4.74 Å². The monoisotopic (exact) mass is 383 g/mol. The van der Waals surface area contributed by atoms with Gasteiger partial charge in [-0.1, -0.05) is 0 Å². The number of esters is 1. The van der Waals surface area contributed by atoms with Crippen molar-refractivity contribution in [3.8, 4) is 22.8 Å². The summed E-state index contributed by atoms with van der Waals surface area (Å²) < 4.78 is 23.3. The van der Waals surface area contributed by atoms with E-state index in [0.717, 1.165) is 0 Å². The lowest BCUT2D eigenvalue weighted by Crippen LogP contribution is -2.09. The molecule has 0 fully saturated rings. The maximum absolute atomic E-state index is 13.0. The molecule has 7 heteroatoms. The lowest BCUT2D eigenvalue weighted by molar-refractivity contribution is 0.0592. The first-order chi connectivity index (χ1) is 13.5. The SMILES string of the molecule is COC(=O)c1cc([C@@H](O)CO)cc(-c2ccc(Oc3ccc(F)cc3)cc2)n1. The molecule has 2 aromatic carbocycles. The second kappa shape index (κ2) is 8.60. The van der Waals surface area contributed by atoms with Gasteiger partial charge in [-0.05, 0) is 66.2 Å². The Morgan fingerprint density at radius 3 is 2.25 bits per heavy atom. The molecular formula is C21H18FNO5. The minimum absolute atomic E-state index is 0.0224. The van der Waals surface area contributed by atoms with Gasteiger partial charge in [0.05, 0.1) is 19.4 Å². The molecule has 1 aromatic heterocycles. The van der Waals surface area contributed by atoms with Crippen LogP contribution in [0.15, 0.2) is 60.7 Å². The second-order valence-corrected chi connectivity index (χ2v) is 5.94. The van der Waals surface area contributed by atoms with Gasteiger partial charge in [0.25, 0.3) is 0 Å². The van der Waals surface area contributed by atoms with E-state index in [1.807, 2.05) is 0 Å². The van der Waals surface area contributed by atoms with Crippen molar-refractivity contribution in [3.05, 3.63) is 77.7 Å². The number of carbonyl (C=O) groups excluding carboxylic acids is 1. The number of hydrogen-bond donors (Lipinski definition) is 2. The maximum atomic E-state index is 13.0. The van der Waals surface area contributed by atoms with Crippen LogP contribution in [0.4, 0.5) is 4.39 Å². The van der Waals surface area contributed by atoms with E-state index in [2.05, 4.69) is 4.98 Å². The zero-order valence-electron chi connectivity index (χ0n) is 15.0. The summed E-state index contributed by atoms with van der Waals surface area (Å²) in [6.07, 6.45) is -1.15. The van der Waals surface area contributed by atoms with Crippen molar-refractivity contribution in [1.29, 1.82) is 0 Å². The summed E-state index contributed by atoms with van der Waals surface area (Å²) in [7, 11) is 1.24. The first-order valence-corrected chi connectivity index (χ1v) is 8.43. The molecule has 0 amide bonds. The molecule has 1 heterocycles. The number of aromatic nitrogens is 1. The molecule has 0 saturated carbocycles. The van der Waals surface area contributed by atoms with Crippen LogP contribution < -0.4 is 4.74 Å². The van der Waals surface area contributed by atoms with E-state index >= 15 is 0 Å². The summed E-state index contributed by atoms with van der Waals surface area (Å²) >= 11 is 0. The summed E-state index contributed by atoms with van der Waals surface area (Å²) in [5, 5.41) is 19.1. The lowest BCUT2D eigenvalue weighted by Gasteiger charge is -2.12. The van der Waals surface area contributed by atoms with Gasteiger partial charge >= 0.3 is 5.97 Å². The van der Waals surface area contributed by atoms with Crippen molar-refractivity contribution in [2.75, 3.05) is 13.7 Å². The normalized spacial score (nSPS) is 11.7. The van der Waals surface area contributed by atoms with E-state index < -0.39 is 18.7 Å². The van der Waals surface area contributed by atoms with Gasteiger partial charge in [-0.3, -0.25) is 0 Å². The van der Waals surface area contributed by atoms with Crippen molar-refractivity contribution in [1.82, 2.24) is 4.98 Å². The van der Waals surface area contributed by atoms with Gasteiger partial charge in [0.1, 0.15) is 29.1 Å². The smallest absolute Gasteiger partial charge is 0.356 e. The quantitative estimate of drug-likeness (QED) is 0.634. The Balaban J connectivity index is 1.89. The number of nitrogens with zero attached hydrogens (tertiary/aromatic N) is 1. The fourth-order valence-electron chi connectivity index (χ4n) is 2.54. The van der Waals surface area contributed by atoms with E-state index in [9.17, 15) is 19.4 Å². The Morgan fingerprint density at radius 1 is 1.07 bits per heavy atom.